The first-order valence-electron chi connectivity index (χ1n) is 8.39. The number of hydrogen-bond acceptors (Lipinski definition) is 3. The largest absolute Gasteiger partial charge is 0.493 e. The number of hydrogen-bond donors (Lipinski definition) is 1. The average Bonchev–Trinajstić information content (AvgIpc) is 3.07. The molecule has 0 bridgehead atoms. The number of methoxy groups -OCH3 is 1. The maximum Gasteiger partial charge on any atom is 0.161 e. The van der Waals surface area contributed by atoms with E-state index < -0.39 is 0 Å². The van der Waals surface area contributed by atoms with Crippen LogP contribution in [0.15, 0.2) is 42.5 Å². The van der Waals surface area contributed by atoms with Crippen LogP contribution in [0.4, 0.5) is 5.69 Å². The molecule has 0 atom stereocenters. The predicted octanol–water partition coefficient (Wildman–Crippen LogP) is 4.94. The van der Waals surface area contributed by atoms with Crippen molar-refractivity contribution >= 4 is 5.69 Å². The lowest BCUT2D eigenvalue weighted by Crippen LogP contribution is -2.12. The second-order valence-corrected chi connectivity index (χ2v) is 6.23. The molecule has 0 aromatic heterocycles. The summed E-state index contributed by atoms with van der Waals surface area (Å²) in [5.41, 5.74) is 3.59. The maximum atomic E-state index is 6.15. The third-order valence-corrected chi connectivity index (χ3v) is 4.37. The molecule has 1 aliphatic rings. The second kappa shape index (κ2) is 7.40. The van der Waals surface area contributed by atoms with Crippen LogP contribution in [0, 0.1) is 6.92 Å². The van der Waals surface area contributed by atoms with Gasteiger partial charge in [0.25, 0.3) is 0 Å². The molecule has 0 spiro atoms. The van der Waals surface area contributed by atoms with Crippen molar-refractivity contribution in [2.75, 3.05) is 12.4 Å². The zero-order valence-corrected chi connectivity index (χ0v) is 14.0. The fraction of sp³-hybridized carbons (Fsp3) is 0.400. The molecule has 0 amide bonds. The first kappa shape index (κ1) is 15.7. The smallest absolute Gasteiger partial charge is 0.161 e. The van der Waals surface area contributed by atoms with Gasteiger partial charge in [-0.05, 0) is 62.4 Å². The van der Waals surface area contributed by atoms with Gasteiger partial charge in [0.15, 0.2) is 11.5 Å². The summed E-state index contributed by atoms with van der Waals surface area (Å²) in [4.78, 5) is 0. The fourth-order valence-electron chi connectivity index (χ4n) is 2.98. The van der Waals surface area contributed by atoms with E-state index >= 15 is 0 Å². The van der Waals surface area contributed by atoms with Crippen LogP contribution in [0.25, 0.3) is 0 Å². The highest BCUT2D eigenvalue weighted by Crippen LogP contribution is 2.32. The summed E-state index contributed by atoms with van der Waals surface area (Å²) < 4.78 is 11.6. The molecule has 1 N–H and O–H groups in total. The lowest BCUT2D eigenvalue weighted by Gasteiger charge is -2.17. The highest BCUT2D eigenvalue weighted by Gasteiger charge is 2.18. The van der Waals surface area contributed by atoms with E-state index in [1.165, 1.54) is 24.0 Å². The number of benzene rings is 2. The quantitative estimate of drug-likeness (QED) is 0.820. The van der Waals surface area contributed by atoms with E-state index in [1.54, 1.807) is 7.11 Å². The molecule has 0 unspecified atom stereocenters. The fourth-order valence-corrected chi connectivity index (χ4v) is 2.98. The third kappa shape index (κ3) is 4.19. The Morgan fingerprint density at radius 1 is 1.00 bits per heavy atom. The van der Waals surface area contributed by atoms with Crippen molar-refractivity contribution in [3.8, 4) is 11.5 Å². The van der Waals surface area contributed by atoms with Gasteiger partial charge in [-0.3, -0.25) is 0 Å². The minimum absolute atomic E-state index is 0.337. The molecule has 1 aliphatic carbocycles. The van der Waals surface area contributed by atoms with Crippen LogP contribution in [-0.2, 0) is 6.54 Å². The Hall–Kier alpha value is -2.16. The summed E-state index contributed by atoms with van der Waals surface area (Å²) in [5, 5.41) is 3.45. The first-order valence-corrected chi connectivity index (χ1v) is 8.39. The Labute approximate surface area is 138 Å². The molecule has 1 saturated carbocycles. The van der Waals surface area contributed by atoms with E-state index in [-0.39, 0.29) is 0 Å². The van der Waals surface area contributed by atoms with E-state index in [1.807, 2.05) is 6.07 Å². The Balaban J connectivity index is 1.67. The van der Waals surface area contributed by atoms with Crippen molar-refractivity contribution in [2.45, 2.75) is 45.3 Å². The second-order valence-electron chi connectivity index (χ2n) is 6.23. The molecule has 0 aliphatic heterocycles. The van der Waals surface area contributed by atoms with Gasteiger partial charge in [0.1, 0.15) is 0 Å². The van der Waals surface area contributed by atoms with Gasteiger partial charge in [0.05, 0.1) is 13.2 Å². The predicted molar refractivity (Wildman–Crippen MR) is 94.4 cm³/mol. The number of rotatable bonds is 6. The van der Waals surface area contributed by atoms with Gasteiger partial charge >= 0.3 is 0 Å². The summed E-state index contributed by atoms with van der Waals surface area (Å²) in [5.74, 6) is 1.68. The van der Waals surface area contributed by atoms with Crippen LogP contribution in [0.1, 0.15) is 36.8 Å². The Morgan fingerprint density at radius 3 is 2.43 bits per heavy atom. The summed E-state index contributed by atoms with van der Waals surface area (Å²) in [6.45, 7) is 2.87. The van der Waals surface area contributed by atoms with E-state index in [4.69, 9.17) is 9.47 Å². The van der Waals surface area contributed by atoms with Crippen molar-refractivity contribution in [3.63, 3.8) is 0 Å². The molecule has 0 saturated heterocycles. The molecule has 3 heteroatoms. The van der Waals surface area contributed by atoms with E-state index in [0.717, 1.165) is 36.6 Å². The average molecular weight is 311 g/mol. The minimum Gasteiger partial charge on any atom is -0.493 e. The van der Waals surface area contributed by atoms with Gasteiger partial charge in [-0.2, -0.15) is 0 Å². The normalized spacial score (nSPS) is 14.7. The molecule has 0 heterocycles. The van der Waals surface area contributed by atoms with Gasteiger partial charge in [0.2, 0.25) is 0 Å². The minimum atomic E-state index is 0.337. The van der Waals surface area contributed by atoms with E-state index in [2.05, 4.69) is 48.6 Å². The zero-order valence-electron chi connectivity index (χ0n) is 14.0. The number of anilines is 1. The maximum absolute atomic E-state index is 6.15. The molecule has 0 radical (unpaired) electrons. The van der Waals surface area contributed by atoms with Crippen LogP contribution >= 0.6 is 0 Å². The SMILES string of the molecule is COc1ccc(CNc2ccc(C)cc2)cc1OC1CCCC1. The zero-order chi connectivity index (χ0) is 16.1. The van der Waals surface area contributed by atoms with Crippen LogP contribution in [0.5, 0.6) is 11.5 Å². The molecule has 3 nitrogen and oxygen atoms in total. The van der Waals surface area contributed by atoms with Crippen molar-refractivity contribution in [2.24, 2.45) is 0 Å². The number of ether oxygens (including phenoxy) is 2. The van der Waals surface area contributed by atoms with Crippen LogP contribution < -0.4 is 14.8 Å². The van der Waals surface area contributed by atoms with Gasteiger partial charge < -0.3 is 14.8 Å². The topological polar surface area (TPSA) is 30.5 Å². The molecular weight excluding hydrogens is 286 g/mol. The van der Waals surface area contributed by atoms with Crippen molar-refractivity contribution in [1.29, 1.82) is 0 Å². The van der Waals surface area contributed by atoms with Gasteiger partial charge in [0, 0.05) is 12.2 Å². The monoisotopic (exact) mass is 311 g/mol. The van der Waals surface area contributed by atoms with Gasteiger partial charge in [-0.25, -0.2) is 0 Å². The standard InChI is InChI=1S/C20H25NO2/c1-15-7-10-17(11-8-15)21-14-16-9-12-19(22-2)20(13-16)23-18-5-3-4-6-18/h7-13,18,21H,3-6,14H2,1-2H3. The lowest BCUT2D eigenvalue weighted by molar-refractivity contribution is 0.200. The molecule has 2 aromatic rings. The summed E-state index contributed by atoms with van der Waals surface area (Å²) in [6, 6.07) is 14.6. The molecule has 2 aromatic carbocycles. The van der Waals surface area contributed by atoms with Crippen molar-refractivity contribution < 1.29 is 9.47 Å². The highest BCUT2D eigenvalue weighted by atomic mass is 16.5. The van der Waals surface area contributed by atoms with Crippen molar-refractivity contribution in [1.82, 2.24) is 0 Å². The Morgan fingerprint density at radius 2 is 1.74 bits per heavy atom. The molecule has 1 fully saturated rings. The molecule has 122 valence electrons. The van der Waals surface area contributed by atoms with Gasteiger partial charge in [-0.1, -0.05) is 23.8 Å². The molecule has 23 heavy (non-hydrogen) atoms. The Bertz CT molecular complexity index is 631. The highest BCUT2D eigenvalue weighted by molar-refractivity contribution is 5.47. The van der Waals surface area contributed by atoms with Crippen LogP contribution in [-0.4, -0.2) is 13.2 Å². The van der Waals surface area contributed by atoms with Crippen LogP contribution in [0.2, 0.25) is 0 Å². The number of aryl methyl sites for hydroxylation is 1. The van der Waals surface area contributed by atoms with E-state index in [0.29, 0.717) is 6.10 Å². The molecular formula is C20H25NO2. The van der Waals surface area contributed by atoms with Crippen molar-refractivity contribution in [3.05, 3.63) is 53.6 Å². The third-order valence-electron chi connectivity index (χ3n) is 4.37. The summed E-state index contributed by atoms with van der Waals surface area (Å²) >= 11 is 0. The number of nitrogens with one attached hydrogen (secondary N) is 1. The Kier molecular flexibility index (Phi) is 5.06. The lowest BCUT2D eigenvalue weighted by atomic mass is 10.1. The van der Waals surface area contributed by atoms with Gasteiger partial charge in [-0.15, -0.1) is 0 Å². The first-order chi connectivity index (χ1) is 11.2. The molecule has 3 rings (SSSR count). The summed E-state index contributed by atoms with van der Waals surface area (Å²) in [7, 11) is 1.70. The van der Waals surface area contributed by atoms with Crippen LogP contribution in [0.3, 0.4) is 0 Å². The van der Waals surface area contributed by atoms with E-state index in [9.17, 15) is 0 Å². The summed E-state index contributed by atoms with van der Waals surface area (Å²) in [6.07, 6.45) is 5.16.